The van der Waals surface area contributed by atoms with Crippen LogP contribution >= 0.6 is 23.2 Å². The quantitative estimate of drug-likeness (QED) is 0.604. The van der Waals surface area contributed by atoms with Crippen molar-refractivity contribution in [1.29, 1.82) is 0 Å². The van der Waals surface area contributed by atoms with Crippen LogP contribution in [0.5, 0.6) is 0 Å². The maximum atomic E-state index is 11.8. The molecule has 0 fully saturated rings. The highest BCUT2D eigenvalue weighted by molar-refractivity contribution is 6.32. The third-order valence-corrected chi connectivity index (χ3v) is 3.76. The third-order valence-electron chi connectivity index (χ3n) is 3.20. The van der Waals surface area contributed by atoms with Gasteiger partial charge in [-0.15, -0.1) is 11.6 Å². The van der Waals surface area contributed by atoms with E-state index < -0.39 is 0 Å². The first-order valence-electron chi connectivity index (χ1n) is 6.00. The Hall–Kier alpha value is -1.25. The zero-order valence-electron chi connectivity index (χ0n) is 11.1. The largest absolute Gasteiger partial charge is 0.316 e. The van der Waals surface area contributed by atoms with Gasteiger partial charge in [0.25, 0.3) is 0 Å². The Bertz CT molecular complexity index is 644. The summed E-state index contributed by atoms with van der Waals surface area (Å²) in [4.78, 5) is 11.8. The predicted molar refractivity (Wildman–Crippen MR) is 80.0 cm³/mol. The van der Waals surface area contributed by atoms with Gasteiger partial charge >= 0.3 is 0 Å². The van der Waals surface area contributed by atoms with Crippen LogP contribution in [-0.4, -0.2) is 16.2 Å². The average Bonchev–Trinajstić information content (AvgIpc) is 2.67. The summed E-state index contributed by atoms with van der Waals surface area (Å²) in [6.45, 7) is 5.88. The monoisotopic (exact) mass is 295 g/mol. The minimum atomic E-state index is -0.0650. The number of aromatic nitrogens is 1. The van der Waals surface area contributed by atoms with E-state index in [9.17, 15) is 4.79 Å². The molecule has 0 bridgehead atoms. The molecule has 0 saturated carbocycles. The van der Waals surface area contributed by atoms with Crippen molar-refractivity contribution in [3.05, 3.63) is 51.8 Å². The van der Waals surface area contributed by atoms with Crippen molar-refractivity contribution in [3.63, 3.8) is 0 Å². The minimum Gasteiger partial charge on any atom is -0.316 e. The first-order valence-corrected chi connectivity index (χ1v) is 6.91. The lowest BCUT2D eigenvalue weighted by Gasteiger charge is -2.12. The Morgan fingerprint density at radius 2 is 1.89 bits per heavy atom. The molecule has 0 atom stereocenters. The number of hydrogen-bond acceptors (Lipinski definition) is 1. The highest BCUT2D eigenvalue weighted by Crippen LogP contribution is 2.27. The molecule has 2 nitrogen and oxygen atoms in total. The van der Waals surface area contributed by atoms with Gasteiger partial charge in [-0.1, -0.05) is 17.7 Å². The van der Waals surface area contributed by atoms with Gasteiger partial charge in [-0.3, -0.25) is 4.79 Å². The molecule has 0 radical (unpaired) electrons. The van der Waals surface area contributed by atoms with E-state index in [0.29, 0.717) is 10.6 Å². The molecule has 0 amide bonds. The molecule has 4 heteroatoms. The van der Waals surface area contributed by atoms with Crippen LogP contribution in [0, 0.1) is 20.8 Å². The van der Waals surface area contributed by atoms with Gasteiger partial charge in [0, 0.05) is 17.0 Å². The summed E-state index contributed by atoms with van der Waals surface area (Å²) >= 11 is 11.9. The number of Topliss-reactive ketones (excluding diaryl/α,β-unsaturated/α-hetero) is 1. The van der Waals surface area contributed by atoms with Gasteiger partial charge in [0.2, 0.25) is 0 Å². The summed E-state index contributed by atoms with van der Waals surface area (Å²) in [5.41, 5.74) is 4.52. The molecule has 0 aliphatic rings. The predicted octanol–water partition coefficient (Wildman–Crippen LogP) is 4.48. The molecule has 0 N–H and O–H groups in total. The second-order valence-electron chi connectivity index (χ2n) is 4.63. The highest BCUT2D eigenvalue weighted by atomic mass is 35.5. The fraction of sp³-hybridized carbons (Fsp3) is 0.267. The van der Waals surface area contributed by atoms with E-state index >= 15 is 0 Å². The Morgan fingerprint density at radius 1 is 1.21 bits per heavy atom. The van der Waals surface area contributed by atoms with Crippen LogP contribution in [0.25, 0.3) is 5.69 Å². The first-order chi connectivity index (χ1) is 8.95. The van der Waals surface area contributed by atoms with Gasteiger partial charge in [-0.2, -0.15) is 0 Å². The molecular formula is C15H15Cl2NO. The lowest BCUT2D eigenvalue weighted by molar-refractivity contribution is 0.102. The normalized spacial score (nSPS) is 10.8. The van der Waals surface area contributed by atoms with Crippen molar-refractivity contribution in [1.82, 2.24) is 4.57 Å². The Labute approximate surface area is 123 Å². The number of alkyl halides is 1. The van der Waals surface area contributed by atoms with Crippen LogP contribution < -0.4 is 0 Å². The molecule has 0 aliphatic carbocycles. The van der Waals surface area contributed by atoms with Crippen LogP contribution in [0.1, 0.15) is 27.3 Å². The van der Waals surface area contributed by atoms with Gasteiger partial charge in [0.1, 0.15) is 0 Å². The van der Waals surface area contributed by atoms with E-state index in [-0.39, 0.29) is 11.7 Å². The molecule has 19 heavy (non-hydrogen) atoms. The van der Waals surface area contributed by atoms with E-state index in [4.69, 9.17) is 23.2 Å². The number of carbonyl (C=O) groups is 1. The fourth-order valence-electron chi connectivity index (χ4n) is 2.28. The number of hydrogen-bond donors (Lipinski definition) is 0. The number of aryl methyl sites for hydroxylation is 2. The Morgan fingerprint density at radius 3 is 2.53 bits per heavy atom. The average molecular weight is 296 g/mol. The summed E-state index contributed by atoms with van der Waals surface area (Å²) < 4.78 is 2.00. The maximum absolute atomic E-state index is 11.8. The molecule has 1 heterocycles. The Kier molecular flexibility index (Phi) is 4.02. The molecule has 100 valence electrons. The molecule has 1 aromatic carbocycles. The van der Waals surface area contributed by atoms with E-state index in [1.165, 1.54) is 0 Å². The number of halogens is 2. The number of nitrogens with zero attached hydrogens (tertiary/aromatic N) is 1. The second-order valence-corrected chi connectivity index (χ2v) is 5.31. The molecule has 0 unspecified atom stereocenters. The molecule has 0 aliphatic heterocycles. The number of rotatable bonds is 3. The van der Waals surface area contributed by atoms with Gasteiger partial charge < -0.3 is 4.57 Å². The fourth-order valence-corrected chi connectivity index (χ4v) is 2.63. The van der Waals surface area contributed by atoms with Crippen LogP contribution in [-0.2, 0) is 0 Å². The second kappa shape index (κ2) is 5.40. The summed E-state index contributed by atoms with van der Waals surface area (Å²) in [5.74, 6) is -0.0731. The molecule has 0 saturated heterocycles. The molecule has 2 aromatic rings. The number of ketones is 1. The van der Waals surface area contributed by atoms with Gasteiger partial charge in [-0.05, 0) is 44.5 Å². The van der Waals surface area contributed by atoms with E-state index in [1.807, 2.05) is 49.6 Å². The van der Waals surface area contributed by atoms with Crippen LogP contribution in [0.4, 0.5) is 0 Å². The standard InChI is InChI=1S/C15H15Cl2NO/c1-9-4-5-13(17)14(6-9)18-10(2)7-12(11(18)3)15(19)8-16/h4-7H,8H2,1-3H3. The van der Waals surface area contributed by atoms with Crippen LogP contribution in [0.3, 0.4) is 0 Å². The van der Waals surface area contributed by atoms with Crippen molar-refractivity contribution in [3.8, 4) is 5.69 Å². The molecular weight excluding hydrogens is 281 g/mol. The van der Waals surface area contributed by atoms with E-state index in [2.05, 4.69) is 0 Å². The number of carbonyl (C=O) groups excluding carboxylic acids is 1. The summed E-state index contributed by atoms with van der Waals surface area (Å²) in [6, 6.07) is 7.70. The lowest BCUT2D eigenvalue weighted by Crippen LogP contribution is -2.04. The zero-order chi connectivity index (χ0) is 14.2. The maximum Gasteiger partial charge on any atom is 0.179 e. The summed E-state index contributed by atoms with van der Waals surface area (Å²) in [6.07, 6.45) is 0. The number of benzene rings is 1. The van der Waals surface area contributed by atoms with Gasteiger partial charge in [0.15, 0.2) is 5.78 Å². The minimum absolute atomic E-state index is 0.00809. The van der Waals surface area contributed by atoms with E-state index in [1.54, 1.807) is 0 Å². The SMILES string of the molecule is Cc1ccc(Cl)c(-n2c(C)cc(C(=O)CCl)c2C)c1. The summed E-state index contributed by atoms with van der Waals surface area (Å²) in [5, 5.41) is 0.664. The van der Waals surface area contributed by atoms with Crippen LogP contribution in [0.15, 0.2) is 24.3 Å². The van der Waals surface area contributed by atoms with Crippen molar-refractivity contribution < 1.29 is 4.79 Å². The van der Waals surface area contributed by atoms with E-state index in [0.717, 1.165) is 22.6 Å². The Balaban J connectivity index is 2.66. The van der Waals surface area contributed by atoms with Gasteiger partial charge in [-0.25, -0.2) is 0 Å². The van der Waals surface area contributed by atoms with Gasteiger partial charge in [0.05, 0.1) is 16.6 Å². The lowest BCUT2D eigenvalue weighted by atomic mass is 10.2. The van der Waals surface area contributed by atoms with Crippen molar-refractivity contribution in [2.75, 3.05) is 5.88 Å². The smallest absolute Gasteiger partial charge is 0.179 e. The first kappa shape index (κ1) is 14.2. The zero-order valence-corrected chi connectivity index (χ0v) is 12.6. The topological polar surface area (TPSA) is 22.0 Å². The molecule has 1 aromatic heterocycles. The van der Waals surface area contributed by atoms with Crippen molar-refractivity contribution in [2.24, 2.45) is 0 Å². The summed E-state index contributed by atoms with van der Waals surface area (Å²) in [7, 11) is 0. The van der Waals surface area contributed by atoms with Crippen molar-refractivity contribution >= 4 is 29.0 Å². The molecule has 2 rings (SSSR count). The molecule has 0 spiro atoms. The van der Waals surface area contributed by atoms with Crippen molar-refractivity contribution in [2.45, 2.75) is 20.8 Å². The third kappa shape index (κ3) is 2.56. The van der Waals surface area contributed by atoms with Crippen LogP contribution in [0.2, 0.25) is 5.02 Å². The highest BCUT2D eigenvalue weighted by Gasteiger charge is 2.17.